The summed E-state index contributed by atoms with van der Waals surface area (Å²) in [5, 5.41) is 18.0. The van der Waals surface area contributed by atoms with Gasteiger partial charge in [-0.15, -0.1) is 0 Å². The van der Waals surface area contributed by atoms with Gasteiger partial charge in [0.1, 0.15) is 0 Å². The average Bonchev–Trinajstić information content (AvgIpc) is 2.57. The lowest BCUT2D eigenvalue weighted by Gasteiger charge is -2.23. The Morgan fingerprint density at radius 2 is 2.08 bits per heavy atom. The standard InChI is InChI=1S/C9H14O3/c1-9(6-10,7-11)4-8-2-3-12-5-8/h2-3,5,10-11H,4,6-7H2,1H3. The molecule has 1 rings (SSSR count). The van der Waals surface area contributed by atoms with Crippen molar-refractivity contribution in [3.05, 3.63) is 24.2 Å². The van der Waals surface area contributed by atoms with Crippen LogP contribution in [0.1, 0.15) is 12.5 Å². The minimum absolute atomic E-state index is 0.0192. The van der Waals surface area contributed by atoms with E-state index in [1.807, 2.05) is 13.0 Å². The lowest BCUT2D eigenvalue weighted by molar-refractivity contribution is 0.0703. The third-order valence-corrected chi connectivity index (χ3v) is 1.97. The maximum atomic E-state index is 8.99. The third kappa shape index (κ3) is 2.09. The molecule has 0 radical (unpaired) electrons. The summed E-state index contributed by atoms with van der Waals surface area (Å²) in [5.41, 5.74) is 0.560. The van der Waals surface area contributed by atoms with Gasteiger partial charge >= 0.3 is 0 Å². The summed E-state index contributed by atoms with van der Waals surface area (Å²) in [6.45, 7) is 1.79. The first kappa shape index (κ1) is 9.29. The van der Waals surface area contributed by atoms with Crippen LogP contribution in [-0.2, 0) is 6.42 Å². The van der Waals surface area contributed by atoms with Gasteiger partial charge in [-0.2, -0.15) is 0 Å². The second kappa shape index (κ2) is 3.74. The van der Waals surface area contributed by atoms with Crippen molar-refractivity contribution >= 4 is 0 Å². The molecule has 0 atom stereocenters. The summed E-state index contributed by atoms with van der Waals surface area (Å²) in [5.74, 6) is 0. The van der Waals surface area contributed by atoms with Gasteiger partial charge in [0.25, 0.3) is 0 Å². The Morgan fingerprint density at radius 1 is 1.42 bits per heavy atom. The molecule has 0 saturated heterocycles. The van der Waals surface area contributed by atoms with E-state index >= 15 is 0 Å². The number of aliphatic hydroxyl groups is 2. The zero-order valence-corrected chi connectivity index (χ0v) is 7.16. The highest BCUT2D eigenvalue weighted by Crippen LogP contribution is 2.21. The molecular weight excluding hydrogens is 156 g/mol. The van der Waals surface area contributed by atoms with Crippen LogP contribution in [0.5, 0.6) is 0 Å². The number of hydrogen-bond acceptors (Lipinski definition) is 3. The molecule has 0 aliphatic carbocycles. The third-order valence-electron chi connectivity index (χ3n) is 1.97. The molecule has 0 amide bonds. The molecule has 0 aliphatic rings. The Labute approximate surface area is 71.6 Å². The second-order valence-corrected chi connectivity index (χ2v) is 3.44. The first-order valence-electron chi connectivity index (χ1n) is 3.93. The molecule has 3 heteroatoms. The van der Waals surface area contributed by atoms with Crippen molar-refractivity contribution < 1.29 is 14.6 Å². The topological polar surface area (TPSA) is 53.6 Å². The summed E-state index contributed by atoms with van der Waals surface area (Å²) >= 11 is 0. The fourth-order valence-electron chi connectivity index (χ4n) is 1.05. The Kier molecular flexibility index (Phi) is 2.89. The second-order valence-electron chi connectivity index (χ2n) is 3.44. The van der Waals surface area contributed by atoms with Gasteiger partial charge in [-0.05, 0) is 18.1 Å². The predicted octanol–water partition coefficient (Wildman–Crippen LogP) is 0.813. The molecule has 3 nitrogen and oxygen atoms in total. The van der Waals surface area contributed by atoms with E-state index in [0.717, 1.165) is 5.56 Å². The number of furan rings is 1. The van der Waals surface area contributed by atoms with E-state index in [0.29, 0.717) is 6.42 Å². The zero-order valence-electron chi connectivity index (χ0n) is 7.16. The van der Waals surface area contributed by atoms with Crippen molar-refractivity contribution in [3.63, 3.8) is 0 Å². The van der Waals surface area contributed by atoms with Crippen LogP contribution in [0.2, 0.25) is 0 Å². The summed E-state index contributed by atoms with van der Waals surface area (Å²) < 4.78 is 4.89. The van der Waals surface area contributed by atoms with E-state index in [2.05, 4.69) is 0 Å². The van der Waals surface area contributed by atoms with E-state index in [9.17, 15) is 0 Å². The van der Waals surface area contributed by atoms with Crippen LogP contribution in [0, 0.1) is 5.41 Å². The predicted molar refractivity (Wildman–Crippen MR) is 44.7 cm³/mol. The molecule has 2 N–H and O–H groups in total. The van der Waals surface area contributed by atoms with Crippen molar-refractivity contribution in [2.24, 2.45) is 5.41 Å². The Balaban J connectivity index is 2.60. The molecule has 1 aromatic heterocycles. The van der Waals surface area contributed by atoms with Crippen molar-refractivity contribution in [1.82, 2.24) is 0 Å². The van der Waals surface area contributed by atoms with Gasteiger partial charge in [-0.25, -0.2) is 0 Å². The number of aliphatic hydroxyl groups excluding tert-OH is 2. The highest BCUT2D eigenvalue weighted by molar-refractivity contribution is 5.08. The van der Waals surface area contributed by atoms with E-state index in [4.69, 9.17) is 14.6 Å². The van der Waals surface area contributed by atoms with Crippen LogP contribution in [0.3, 0.4) is 0 Å². The average molecular weight is 170 g/mol. The molecule has 1 heterocycles. The molecule has 0 aromatic carbocycles. The fourth-order valence-corrected chi connectivity index (χ4v) is 1.05. The highest BCUT2D eigenvalue weighted by atomic mass is 16.3. The van der Waals surface area contributed by atoms with E-state index in [1.165, 1.54) is 0 Å². The quantitative estimate of drug-likeness (QED) is 0.703. The van der Waals surface area contributed by atoms with Crippen molar-refractivity contribution in [1.29, 1.82) is 0 Å². The van der Waals surface area contributed by atoms with Crippen LogP contribution in [-0.4, -0.2) is 23.4 Å². The van der Waals surface area contributed by atoms with Crippen LogP contribution in [0.4, 0.5) is 0 Å². The normalized spacial score (nSPS) is 11.9. The summed E-state index contributed by atoms with van der Waals surface area (Å²) in [7, 11) is 0. The van der Waals surface area contributed by atoms with Gasteiger partial charge in [0.05, 0.1) is 25.7 Å². The molecule has 1 aromatic rings. The van der Waals surface area contributed by atoms with Gasteiger partial charge in [0.2, 0.25) is 0 Å². The number of rotatable bonds is 4. The lowest BCUT2D eigenvalue weighted by Crippen LogP contribution is -2.28. The highest BCUT2D eigenvalue weighted by Gasteiger charge is 2.23. The maximum Gasteiger partial charge on any atom is 0.0934 e. The van der Waals surface area contributed by atoms with Crippen LogP contribution in [0.25, 0.3) is 0 Å². The van der Waals surface area contributed by atoms with Gasteiger partial charge < -0.3 is 14.6 Å². The van der Waals surface area contributed by atoms with Crippen molar-refractivity contribution in [3.8, 4) is 0 Å². The van der Waals surface area contributed by atoms with E-state index < -0.39 is 5.41 Å². The molecule has 0 spiro atoms. The monoisotopic (exact) mass is 170 g/mol. The molecule has 68 valence electrons. The minimum atomic E-state index is -0.441. The molecular formula is C9H14O3. The molecule has 0 saturated carbocycles. The van der Waals surface area contributed by atoms with Crippen molar-refractivity contribution in [2.75, 3.05) is 13.2 Å². The van der Waals surface area contributed by atoms with E-state index in [-0.39, 0.29) is 13.2 Å². The molecule has 0 fully saturated rings. The molecule has 0 aliphatic heterocycles. The molecule has 0 bridgehead atoms. The smallest absolute Gasteiger partial charge is 0.0934 e. The van der Waals surface area contributed by atoms with Crippen molar-refractivity contribution in [2.45, 2.75) is 13.3 Å². The maximum absolute atomic E-state index is 8.99. The summed E-state index contributed by atoms with van der Waals surface area (Å²) in [4.78, 5) is 0. The summed E-state index contributed by atoms with van der Waals surface area (Å²) in [6, 6.07) is 1.84. The van der Waals surface area contributed by atoms with Gasteiger partial charge in [-0.1, -0.05) is 6.92 Å². The van der Waals surface area contributed by atoms with Gasteiger partial charge in [-0.3, -0.25) is 0 Å². The Bertz CT molecular complexity index is 212. The zero-order chi connectivity index (χ0) is 9.03. The minimum Gasteiger partial charge on any atom is -0.472 e. The molecule has 0 unspecified atom stereocenters. The summed E-state index contributed by atoms with van der Waals surface area (Å²) in [6.07, 6.45) is 3.85. The Morgan fingerprint density at radius 3 is 2.50 bits per heavy atom. The fraction of sp³-hybridized carbons (Fsp3) is 0.556. The van der Waals surface area contributed by atoms with E-state index in [1.54, 1.807) is 12.5 Å². The first-order valence-corrected chi connectivity index (χ1v) is 3.93. The largest absolute Gasteiger partial charge is 0.472 e. The molecule has 12 heavy (non-hydrogen) atoms. The lowest BCUT2D eigenvalue weighted by atomic mass is 9.86. The Hall–Kier alpha value is -0.800. The van der Waals surface area contributed by atoms with Crippen LogP contribution in [0.15, 0.2) is 23.0 Å². The van der Waals surface area contributed by atoms with Gasteiger partial charge in [0.15, 0.2) is 0 Å². The first-order chi connectivity index (χ1) is 5.70. The van der Waals surface area contributed by atoms with Crippen LogP contribution >= 0.6 is 0 Å². The number of hydrogen-bond donors (Lipinski definition) is 2. The van der Waals surface area contributed by atoms with Gasteiger partial charge in [0, 0.05) is 5.41 Å². The van der Waals surface area contributed by atoms with Crippen LogP contribution < -0.4 is 0 Å². The SMILES string of the molecule is CC(CO)(CO)Cc1ccoc1.